The van der Waals surface area contributed by atoms with Gasteiger partial charge < -0.3 is 23.7 Å². The van der Waals surface area contributed by atoms with E-state index in [1.807, 2.05) is 0 Å². The van der Waals surface area contributed by atoms with Crippen LogP contribution in [0, 0.1) is 21.7 Å². The van der Waals surface area contributed by atoms with Gasteiger partial charge in [0.25, 0.3) is 0 Å². The lowest BCUT2D eigenvalue weighted by Gasteiger charge is -2.41. The van der Waals surface area contributed by atoms with Crippen molar-refractivity contribution in [2.24, 2.45) is 21.7 Å². The number of ether oxygens (including phenoxy) is 5. The van der Waals surface area contributed by atoms with Crippen molar-refractivity contribution in [3.8, 4) is 0 Å². The van der Waals surface area contributed by atoms with Crippen LogP contribution < -0.4 is 0 Å². The number of carbonyl (C=O) groups excluding carboxylic acids is 5. The molecular formula is C26H42O10. The molecule has 4 atom stereocenters. The zero-order valence-corrected chi connectivity index (χ0v) is 23.6. The quantitative estimate of drug-likeness (QED) is 0.397. The molecule has 10 nitrogen and oxygen atoms in total. The van der Waals surface area contributed by atoms with Crippen LogP contribution in [0.5, 0.6) is 0 Å². The fourth-order valence-corrected chi connectivity index (χ4v) is 2.58. The Labute approximate surface area is 213 Å². The Hall–Kier alpha value is -2.65. The summed E-state index contributed by atoms with van der Waals surface area (Å²) in [6, 6.07) is 0. The molecule has 1 aliphatic rings. The highest BCUT2D eigenvalue weighted by atomic mass is 16.7. The molecule has 0 radical (unpaired) electrons. The Kier molecular flexibility index (Phi) is 9.38. The van der Waals surface area contributed by atoms with Crippen molar-refractivity contribution in [1.29, 1.82) is 0 Å². The molecule has 0 N–H and O–H groups in total. The molecule has 1 saturated heterocycles. The molecule has 1 rings (SSSR count). The lowest BCUT2D eigenvalue weighted by molar-refractivity contribution is -0.236. The predicted octanol–water partition coefficient (Wildman–Crippen LogP) is 3.37. The molecule has 0 aliphatic carbocycles. The third-order valence-electron chi connectivity index (χ3n) is 5.04. The van der Waals surface area contributed by atoms with Gasteiger partial charge in [0, 0.05) is 0 Å². The van der Waals surface area contributed by atoms with E-state index in [0.717, 1.165) is 0 Å². The topological polar surface area (TPSA) is 132 Å². The second kappa shape index (κ2) is 10.8. The third-order valence-corrected chi connectivity index (χ3v) is 5.04. The van der Waals surface area contributed by atoms with Crippen LogP contribution in [0.3, 0.4) is 0 Å². The van der Waals surface area contributed by atoms with E-state index in [0.29, 0.717) is 0 Å². The van der Waals surface area contributed by atoms with Gasteiger partial charge in [0.05, 0.1) is 21.7 Å². The van der Waals surface area contributed by atoms with E-state index in [1.54, 1.807) is 83.1 Å². The van der Waals surface area contributed by atoms with Gasteiger partial charge in [0.1, 0.15) is 6.61 Å². The molecule has 36 heavy (non-hydrogen) atoms. The monoisotopic (exact) mass is 514 g/mol. The van der Waals surface area contributed by atoms with Gasteiger partial charge in [-0.2, -0.15) is 0 Å². The van der Waals surface area contributed by atoms with Crippen molar-refractivity contribution in [2.45, 2.75) is 108 Å². The molecule has 1 heterocycles. The largest absolute Gasteiger partial charge is 0.461 e. The molecule has 0 spiro atoms. The van der Waals surface area contributed by atoms with E-state index in [-0.39, 0.29) is 0 Å². The zero-order chi connectivity index (χ0) is 28.4. The van der Waals surface area contributed by atoms with Gasteiger partial charge >= 0.3 is 29.8 Å². The summed E-state index contributed by atoms with van der Waals surface area (Å²) in [5.74, 6) is -3.75. The van der Waals surface area contributed by atoms with Crippen LogP contribution in [0.1, 0.15) is 83.1 Å². The van der Waals surface area contributed by atoms with E-state index in [4.69, 9.17) is 23.7 Å². The van der Waals surface area contributed by atoms with Crippen LogP contribution in [0.2, 0.25) is 0 Å². The highest BCUT2D eigenvalue weighted by Crippen LogP contribution is 2.31. The fourth-order valence-electron chi connectivity index (χ4n) is 2.58. The van der Waals surface area contributed by atoms with E-state index in [1.165, 1.54) is 0 Å². The third kappa shape index (κ3) is 8.48. The van der Waals surface area contributed by atoms with Gasteiger partial charge in [-0.15, -0.1) is 0 Å². The first-order chi connectivity index (χ1) is 16.0. The van der Waals surface area contributed by atoms with Crippen LogP contribution in [0.25, 0.3) is 0 Å². The van der Waals surface area contributed by atoms with Gasteiger partial charge in [0.2, 0.25) is 6.10 Å². The minimum Gasteiger partial charge on any atom is -0.461 e. The summed E-state index contributed by atoms with van der Waals surface area (Å²) in [7, 11) is 0. The lowest BCUT2D eigenvalue weighted by Crippen LogP contribution is -2.62. The Bertz CT molecular complexity index is 861. The van der Waals surface area contributed by atoms with Gasteiger partial charge in [-0.05, 0) is 83.1 Å². The normalized spacial score (nSPS) is 23.3. The first kappa shape index (κ1) is 31.4. The van der Waals surface area contributed by atoms with Crippen molar-refractivity contribution in [3.05, 3.63) is 0 Å². The van der Waals surface area contributed by atoms with Gasteiger partial charge in [-0.3, -0.25) is 19.2 Å². The summed E-state index contributed by atoms with van der Waals surface area (Å²) < 4.78 is 27.5. The summed E-state index contributed by atoms with van der Waals surface area (Å²) in [5.41, 5.74) is -3.80. The maximum absolute atomic E-state index is 13.0. The standard InChI is InChI=1S/C26H42O10/c1-23(2,3)19(28)32-13-14-15(34-20(29)24(4,5)6)16(35-21(30)25(7,8)9)17(18(27)33-14)36-22(31)26(10,11)12/h14-17H,13H2,1-12H3/t14-,15+,16+,17-/m1/s1. The van der Waals surface area contributed by atoms with Crippen LogP contribution in [0.4, 0.5) is 0 Å². The van der Waals surface area contributed by atoms with E-state index in [9.17, 15) is 24.0 Å². The SMILES string of the molecule is CC(C)(C)C(=O)OC[C@H]1OC(=O)[C@H](OC(=O)C(C)(C)C)[C@@H](OC(=O)C(C)(C)C)[C@H]1OC(=O)C(C)(C)C. The average molecular weight is 515 g/mol. The Morgan fingerprint density at radius 1 is 0.611 bits per heavy atom. The predicted molar refractivity (Wildman–Crippen MR) is 128 cm³/mol. The highest BCUT2D eigenvalue weighted by molar-refractivity contribution is 5.84. The van der Waals surface area contributed by atoms with Gasteiger partial charge in [-0.1, -0.05) is 0 Å². The molecule has 0 aromatic heterocycles. The van der Waals surface area contributed by atoms with Crippen molar-refractivity contribution in [1.82, 2.24) is 0 Å². The number of esters is 5. The van der Waals surface area contributed by atoms with Crippen molar-refractivity contribution < 1.29 is 47.7 Å². The minimum atomic E-state index is -1.70. The first-order valence-corrected chi connectivity index (χ1v) is 12.0. The summed E-state index contributed by atoms with van der Waals surface area (Å²) in [4.78, 5) is 63.7. The maximum atomic E-state index is 13.0. The summed E-state index contributed by atoms with van der Waals surface area (Å²) in [5, 5.41) is 0. The fraction of sp³-hybridized carbons (Fsp3) is 0.808. The van der Waals surface area contributed by atoms with Crippen LogP contribution >= 0.6 is 0 Å². The smallest absolute Gasteiger partial charge is 0.352 e. The first-order valence-electron chi connectivity index (χ1n) is 12.0. The average Bonchev–Trinajstić information content (AvgIpc) is 2.67. The second-order valence-corrected chi connectivity index (χ2v) is 13.1. The van der Waals surface area contributed by atoms with Crippen molar-refractivity contribution in [3.63, 3.8) is 0 Å². The molecule has 206 valence electrons. The van der Waals surface area contributed by atoms with Crippen molar-refractivity contribution in [2.75, 3.05) is 6.61 Å². The number of hydrogen-bond donors (Lipinski definition) is 0. The minimum absolute atomic E-state index is 0.465. The zero-order valence-electron chi connectivity index (χ0n) is 23.6. The molecule has 0 bridgehead atoms. The molecule has 1 aliphatic heterocycles. The second-order valence-electron chi connectivity index (χ2n) is 13.1. The summed E-state index contributed by atoms with van der Waals surface area (Å²) >= 11 is 0. The van der Waals surface area contributed by atoms with Crippen LogP contribution in [-0.2, 0) is 47.7 Å². The maximum Gasteiger partial charge on any atom is 0.352 e. The Balaban J connectivity index is 3.51. The Morgan fingerprint density at radius 2 is 0.972 bits per heavy atom. The van der Waals surface area contributed by atoms with Gasteiger partial charge in [-0.25, -0.2) is 4.79 Å². The number of cyclic esters (lactones) is 1. The summed E-state index contributed by atoms with van der Waals surface area (Å²) in [6.07, 6.45) is -5.95. The van der Waals surface area contributed by atoms with Crippen molar-refractivity contribution >= 4 is 29.8 Å². The highest BCUT2D eigenvalue weighted by Gasteiger charge is 2.55. The number of carbonyl (C=O) groups is 5. The Morgan fingerprint density at radius 3 is 1.36 bits per heavy atom. The number of rotatable bonds is 5. The molecule has 0 aromatic carbocycles. The van der Waals surface area contributed by atoms with E-state index >= 15 is 0 Å². The number of hydrogen-bond acceptors (Lipinski definition) is 10. The molecule has 1 fully saturated rings. The molecule has 0 unspecified atom stereocenters. The molecule has 0 saturated carbocycles. The van der Waals surface area contributed by atoms with Gasteiger partial charge in [0.15, 0.2) is 18.3 Å². The molecule has 0 amide bonds. The molecule has 10 heteroatoms. The molecule has 0 aromatic rings. The van der Waals surface area contributed by atoms with E-state index in [2.05, 4.69) is 0 Å². The van der Waals surface area contributed by atoms with Crippen LogP contribution in [0.15, 0.2) is 0 Å². The van der Waals surface area contributed by atoms with E-state index < -0.39 is 82.5 Å². The summed E-state index contributed by atoms with van der Waals surface area (Å²) in [6.45, 7) is 18.9. The molecular weight excluding hydrogens is 472 g/mol. The van der Waals surface area contributed by atoms with Crippen LogP contribution in [-0.4, -0.2) is 60.9 Å². The lowest BCUT2D eigenvalue weighted by atomic mass is 9.93.